The van der Waals surface area contributed by atoms with Crippen molar-refractivity contribution in [1.82, 2.24) is 25.1 Å². The molecule has 6 amide bonds. The number of nitrogens with one attached hydrogen (secondary N) is 2. The molecule has 0 bridgehead atoms. The number of imide groups is 1. The third kappa shape index (κ3) is 7.51. The van der Waals surface area contributed by atoms with Gasteiger partial charge in [0.1, 0.15) is 12.6 Å². The zero-order chi connectivity index (χ0) is 33.0. The molecule has 46 heavy (non-hydrogen) atoms. The quantitative estimate of drug-likeness (QED) is 0.249. The highest BCUT2D eigenvalue weighted by Gasteiger charge is 2.40. The van der Waals surface area contributed by atoms with Gasteiger partial charge in [-0.15, -0.1) is 11.8 Å². The lowest BCUT2D eigenvalue weighted by Crippen LogP contribution is -2.44. The Morgan fingerprint density at radius 2 is 1.80 bits per heavy atom. The summed E-state index contributed by atoms with van der Waals surface area (Å²) in [6.07, 6.45) is 3.56. The largest absolute Gasteiger partial charge is 0.480 e. The normalized spacial score (nSPS) is 20.0. The number of benzene rings is 1. The first-order valence-electron chi connectivity index (χ1n) is 14.7. The molecule has 3 aliphatic heterocycles. The minimum Gasteiger partial charge on any atom is -0.480 e. The van der Waals surface area contributed by atoms with Crippen LogP contribution in [0.4, 0.5) is 10.5 Å². The van der Waals surface area contributed by atoms with Gasteiger partial charge in [0.25, 0.3) is 0 Å². The number of nitrogens with zero attached hydrogens (tertiary/aromatic N) is 5. The van der Waals surface area contributed by atoms with Crippen LogP contribution in [0.15, 0.2) is 47.8 Å². The Hall–Kier alpha value is -4.83. The molecule has 2 aromatic rings. The summed E-state index contributed by atoms with van der Waals surface area (Å²) < 4.78 is 0. The highest BCUT2D eigenvalue weighted by Crippen LogP contribution is 2.26. The number of carboxylic acids is 1. The smallest absolute Gasteiger partial charge is 0.322 e. The van der Waals surface area contributed by atoms with Crippen LogP contribution in [0, 0.1) is 5.92 Å². The number of thioether (sulfide) groups is 1. The van der Waals surface area contributed by atoms with Crippen molar-refractivity contribution in [2.24, 2.45) is 16.8 Å². The van der Waals surface area contributed by atoms with Crippen LogP contribution < -0.4 is 16.4 Å². The molecule has 3 atom stereocenters. The van der Waals surface area contributed by atoms with E-state index in [-0.39, 0.29) is 49.5 Å². The number of hydrogen-bond donors (Lipinski definition) is 4. The fourth-order valence-electron chi connectivity index (χ4n) is 5.30. The van der Waals surface area contributed by atoms with Crippen LogP contribution in [0.25, 0.3) is 0 Å². The van der Waals surface area contributed by atoms with Crippen molar-refractivity contribution in [2.75, 3.05) is 30.7 Å². The Morgan fingerprint density at radius 3 is 2.52 bits per heavy atom. The number of fused-ring (bicyclic) bond motifs is 1. The molecule has 3 unspecified atom stereocenters. The molecular formula is C30H34N8O7S. The molecule has 1 aromatic heterocycles. The number of carbonyl (C=O) groups excluding carboxylic acids is 5. The number of amides is 6. The number of likely N-dealkylation sites (tertiary alicyclic amines) is 1. The summed E-state index contributed by atoms with van der Waals surface area (Å²) in [7, 11) is 0. The van der Waals surface area contributed by atoms with Gasteiger partial charge in [-0.25, -0.2) is 9.80 Å². The highest BCUT2D eigenvalue weighted by atomic mass is 32.2. The number of hydrazone groups is 1. The van der Waals surface area contributed by atoms with Gasteiger partial charge in [0, 0.05) is 62.2 Å². The maximum Gasteiger partial charge on any atom is 0.322 e. The topological polar surface area (TPSA) is 208 Å². The molecule has 1 fully saturated rings. The van der Waals surface area contributed by atoms with Gasteiger partial charge in [-0.3, -0.25) is 33.9 Å². The molecule has 0 saturated carbocycles. The average Bonchev–Trinajstić information content (AvgIpc) is 3.58. The fourth-order valence-corrected chi connectivity index (χ4v) is 6.41. The second-order valence-corrected chi connectivity index (χ2v) is 12.5. The van der Waals surface area contributed by atoms with Crippen molar-refractivity contribution in [2.45, 2.75) is 44.1 Å². The summed E-state index contributed by atoms with van der Waals surface area (Å²) in [5.41, 5.74) is 9.66. The first-order chi connectivity index (χ1) is 22.0. The SMILES string of the molecule is CC1CC(=O)N(CCNC(=O)CN2C(=O)CC(SCC(N)C(=O)O)C2=O)N=C1c1ccc(NC(=O)N2Cc3ccncc3C2)cc1. The number of aliphatic carboxylic acids is 1. The lowest BCUT2D eigenvalue weighted by Gasteiger charge is -2.28. The molecule has 0 aliphatic carbocycles. The number of nitrogens with two attached hydrogens (primary N) is 1. The Morgan fingerprint density at radius 1 is 1.07 bits per heavy atom. The van der Waals surface area contributed by atoms with Crippen LogP contribution in [0.5, 0.6) is 0 Å². The highest BCUT2D eigenvalue weighted by molar-refractivity contribution is 8.00. The first kappa shape index (κ1) is 32.6. The van der Waals surface area contributed by atoms with Crippen LogP contribution in [0.1, 0.15) is 36.5 Å². The third-order valence-electron chi connectivity index (χ3n) is 7.85. The van der Waals surface area contributed by atoms with Gasteiger partial charge in [0.05, 0.1) is 17.5 Å². The van der Waals surface area contributed by atoms with Crippen LogP contribution in [0.3, 0.4) is 0 Å². The molecule has 0 spiro atoms. The molecule has 3 aliphatic rings. The first-order valence-corrected chi connectivity index (χ1v) is 15.7. The summed E-state index contributed by atoms with van der Waals surface area (Å²) >= 11 is 0.974. The van der Waals surface area contributed by atoms with E-state index in [1.54, 1.807) is 29.4 Å². The van der Waals surface area contributed by atoms with Crippen molar-refractivity contribution in [1.29, 1.82) is 0 Å². The van der Waals surface area contributed by atoms with E-state index in [2.05, 4.69) is 20.7 Å². The molecule has 15 nitrogen and oxygen atoms in total. The van der Waals surface area contributed by atoms with E-state index < -0.39 is 41.5 Å². The van der Waals surface area contributed by atoms with Gasteiger partial charge in [-0.2, -0.15) is 5.10 Å². The standard InChI is InChI=1S/C30H34N8O7S/c1-17-10-26(41)38(9-8-33-24(39)15-37-25(40)11-23(28(37)42)46-16-22(31)29(43)44)35-27(17)18-2-4-21(5-3-18)34-30(45)36-13-19-6-7-32-12-20(19)14-36/h2-7,12,17,22-23H,8-11,13-16,31H2,1H3,(H,33,39)(H,34,45)(H,43,44). The number of pyridine rings is 1. The number of urea groups is 1. The van der Waals surface area contributed by atoms with E-state index in [0.717, 1.165) is 33.4 Å². The zero-order valence-electron chi connectivity index (χ0n) is 25.0. The van der Waals surface area contributed by atoms with Crippen LogP contribution in [0.2, 0.25) is 0 Å². The predicted octanol–water partition coefficient (Wildman–Crippen LogP) is 0.591. The van der Waals surface area contributed by atoms with E-state index in [9.17, 15) is 28.8 Å². The van der Waals surface area contributed by atoms with Crippen molar-refractivity contribution >= 4 is 58.8 Å². The van der Waals surface area contributed by atoms with Gasteiger partial charge in [0.2, 0.25) is 23.6 Å². The molecule has 4 heterocycles. The number of carbonyl (C=O) groups is 6. The lowest BCUT2D eigenvalue weighted by atomic mass is 9.93. The fraction of sp³-hybridized carbons (Fsp3) is 0.400. The van der Waals surface area contributed by atoms with Crippen molar-refractivity contribution < 1.29 is 33.9 Å². The minimum absolute atomic E-state index is 0.0407. The number of aromatic nitrogens is 1. The monoisotopic (exact) mass is 650 g/mol. The summed E-state index contributed by atoms with van der Waals surface area (Å²) in [5, 5.41) is 19.5. The Balaban J connectivity index is 1.11. The van der Waals surface area contributed by atoms with E-state index >= 15 is 0 Å². The minimum atomic E-state index is -1.21. The van der Waals surface area contributed by atoms with Crippen LogP contribution >= 0.6 is 11.8 Å². The predicted molar refractivity (Wildman–Crippen MR) is 167 cm³/mol. The molecular weight excluding hydrogens is 616 g/mol. The third-order valence-corrected chi connectivity index (χ3v) is 9.18. The summed E-state index contributed by atoms with van der Waals surface area (Å²) in [6.45, 7) is 2.54. The van der Waals surface area contributed by atoms with Crippen LogP contribution in [-0.2, 0) is 37.1 Å². The Kier molecular flexibility index (Phi) is 9.96. The van der Waals surface area contributed by atoms with Crippen LogP contribution in [-0.4, -0.2) is 103 Å². The molecule has 5 N–H and O–H groups in total. The second-order valence-electron chi connectivity index (χ2n) is 11.3. The zero-order valence-corrected chi connectivity index (χ0v) is 25.9. The molecule has 5 rings (SSSR count). The van der Waals surface area contributed by atoms with Crippen molar-refractivity contribution in [3.63, 3.8) is 0 Å². The summed E-state index contributed by atoms with van der Waals surface area (Å²) in [6, 6.07) is 7.73. The number of hydrogen-bond acceptors (Lipinski definition) is 10. The van der Waals surface area contributed by atoms with Crippen molar-refractivity contribution in [3.8, 4) is 0 Å². The molecule has 1 saturated heterocycles. The average molecular weight is 651 g/mol. The molecule has 1 aromatic carbocycles. The van der Waals surface area contributed by atoms with Gasteiger partial charge < -0.3 is 26.4 Å². The Bertz CT molecular complexity index is 1560. The van der Waals surface area contributed by atoms with Gasteiger partial charge >= 0.3 is 12.0 Å². The van der Waals surface area contributed by atoms with E-state index in [1.165, 1.54) is 5.01 Å². The van der Waals surface area contributed by atoms with Crippen molar-refractivity contribution in [3.05, 3.63) is 59.4 Å². The molecule has 242 valence electrons. The summed E-state index contributed by atoms with van der Waals surface area (Å²) in [5.74, 6) is -3.29. The van der Waals surface area contributed by atoms with E-state index in [0.29, 0.717) is 24.5 Å². The maximum atomic E-state index is 12.8. The number of carboxylic acid groups (broad SMARTS) is 1. The number of anilines is 1. The van der Waals surface area contributed by atoms with E-state index in [1.807, 2.05) is 25.1 Å². The lowest BCUT2D eigenvalue weighted by molar-refractivity contribution is -0.142. The second kappa shape index (κ2) is 14.1. The summed E-state index contributed by atoms with van der Waals surface area (Å²) in [4.78, 5) is 80.5. The van der Waals surface area contributed by atoms with Gasteiger partial charge in [0.15, 0.2) is 0 Å². The number of rotatable bonds is 11. The molecule has 0 radical (unpaired) electrons. The van der Waals surface area contributed by atoms with Gasteiger partial charge in [-0.1, -0.05) is 19.1 Å². The van der Waals surface area contributed by atoms with Gasteiger partial charge in [-0.05, 0) is 34.9 Å². The van der Waals surface area contributed by atoms with E-state index in [4.69, 9.17) is 10.8 Å². The maximum absolute atomic E-state index is 12.8. The Labute approximate surface area is 268 Å². The molecule has 16 heteroatoms.